The van der Waals surface area contributed by atoms with E-state index in [0.717, 1.165) is 93.7 Å². The molecule has 6 aromatic carbocycles. The van der Waals surface area contributed by atoms with E-state index in [0.29, 0.717) is 17.5 Å². The molecule has 0 aliphatic heterocycles. The van der Waals surface area contributed by atoms with Crippen molar-refractivity contribution in [2.45, 2.75) is 0 Å². The third-order valence-corrected chi connectivity index (χ3v) is 10.7. The summed E-state index contributed by atoms with van der Waals surface area (Å²) in [5, 5.41) is 4.18. The Bertz CT molecular complexity index is 3170. The van der Waals surface area contributed by atoms with Crippen LogP contribution in [0, 0.1) is 0 Å². The van der Waals surface area contributed by atoms with E-state index < -0.39 is 0 Å². The lowest BCUT2D eigenvalue weighted by molar-refractivity contribution is 1.07. The zero-order valence-corrected chi connectivity index (χ0v) is 31.0. The molecule has 0 spiro atoms. The molecule has 0 atom stereocenters. The Kier molecular flexibility index (Phi) is 8.00. The van der Waals surface area contributed by atoms with Crippen molar-refractivity contribution in [2.75, 3.05) is 0 Å². The Balaban J connectivity index is 1.05. The summed E-state index contributed by atoms with van der Waals surface area (Å²) in [6.07, 6.45) is 7.34. The predicted octanol–water partition coefficient (Wildman–Crippen LogP) is 12.1. The lowest BCUT2D eigenvalue weighted by atomic mass is 9.98. The van der Waals surface area contributed by atoms with Gasteiger partial charge in [0, 0.05) is 63.0 Å². The van der Waals surface area contributed by atoms with E-state index in [-0.39, 0.29) is 0 Å². The van der Waals surface area contributed by atoms with Gasteiger partial charge in [-0.1, -0.05) is 127 Å². The van der Waals surface area contributed by atoms with Crippen LogP contribution in [0.3, 0.4) is 0 Å². The van der Waals surface area contributed by atoms with Crippen LogP contribution in [-0.2, 0) is 0 Å². The molecule has 0 radical (unpaired) electrons. The van der Waals surface area contributed by atoms with Gasteiger partial charge in [-0.25, -0.2) is 15.0 Å². The van der Waals surface area contributed by atoms with Gasteiger partial charge in [0.2, 0.25) is 0 Å². The van der Waals surface area contributed by atoms with Gasteiger partial charge in [0.05, 0.1) is 22.1 Å². The number of hydrogen-bond acceptors (Lipinski definition) is 7. The number of nitrogens with zero attached hydrogens (tertiary/aromatic N) is 7. The first-order chi connectivity index (χ1) is 28.7. The number of rotatable bonds is 6. The van der Waals surface area contributed by atoms with Crippen LogP contribution in [0.5, 0.6) is 0 Å². The topological polar surface area (TPSA) is 90.2 Å². The van der Waals surface area contributed by atoms with Crippen molar-refractivity contribution < 1.29 is 0 Å². The first-order valence-corrected chi connectivity index (χ1v) is 19.1. The molecule has 7 heteroatoms. The average Bonchev–Trinajstić information content (AvgIpc) is 3.31. The maximum Gasteiger partial charge on any atom is 0.164 e. The molecule has 5 aromatic heterocycles. The molecule has 270 valence electrons. The van der Waals surface area contributed by atoms with E-state index in [1.54, 1.807) is 0 Å². The molecule has 0 fully saturated rings. The van der Waals surface area contributed by atoms with Crippen molar-refractivity contribution in [3.63, 3.8) is 0 Å². The minimum absolute atomic E-state index is 0.580. The van der Waals surface area contributed by atoms with Crippen molar-refractivity contribution >= 4 is 43.6 Å². The maximum atomic E-state index is 5.17. The molecule has 0 saturated heterocycles. The molecule has 0 saturated carbocycles. The SMILES string of the molecule is c1ccc(-c2ccc(-c3nc(-c4cccc(-c5ccnc6c5ccc5cccnc56)c4)nc(-c4cccc(-c5ccnc6c5ccc5cccnc56)c4)n3)cc2)cc1. The van der Waals surface area contributed by atoms with E-state index >= 15 is 0 Å². The molecule has 58 heavy (non-hydrogen) atoms. The molecule has 7 nitrogen and oxygen atoms in total. The fourth-order valence-corrected chi connectivity index (χ4v) is 7.87. The van der Waals surface area contributed by atoms with Gasteiger partial charge in [-0.15, -0.1) is 0 Å². The Hall–Kier alpha value is -8.03. The summed E-state index contributed by atoms with van der Waals surface area (Å²) in [6, 6.07) is 56.2. The standard InChI is InChI=1S/C51H31N7/c1-2-8-32(9-3-1)33-16-18-36(19-17-33)49-56-50(39-12-4-10-37(30-39)41-24-28-54-47-43(41)22-20-34-14-6-26-52-45(34)47)58-51(57-49)40-13-5-11-38(31-40)42-25-29-55-48-44(42)23-21-35-15-7-27-53-46(35)48/h1-31H. The summed E-state index contributed by atoms with van der Waals surface area (Å²) in [6.45, 7) is 0. The van der Waals surface area contributed by atoms with Crippen LogP contribution in [0.2, 0.25) is 0 Å². The van der Waals surface area contributed by atoms with Gasteiger partial charge in [-0.05, 0) is 69.8 Å². The van der Waals surface area contributed by atoms with E-state index in [1.807, 2.05) is 43.0 Å². The highest BCUT2D eigenvalue weighted by Crippen LogP contribution is 2.36. The third kappa shape index (κ3) is 5.90. The van der Waals surface area contributed by atoms with Crippen LogP contribution >= 0.6 is 0 Å². The summed E-state index contributed by atoms with van der Waals surface area (Å²) in [5.41, 5.74) is 12.6. The van der Waals surface area contributed by atoms with Gasteiger partial charge in [0.25, 0.3) is 0 Å². The van der Waals surface area contributed by atoms with E-state index in [2.05, 4.69) is 156 Å². The Morgan fingerprint density at radius 2 is 0.690 bits per heavy atom. The molecule has 11 rings (SSSR count). The molecule has 11 aromatic rings. The van der Waals surface area contributed by atoms with Gasteiger partial charge in [0.1, 0.15) is 0 Å². The van der Waals surface area contributed by atoms with E-state index in [9.17, 15) is 0 Å². The second kappa shape index (κ2) is 13.9. The van der Waals surface area contributed by atoms with E-state index in [1.165, 1.54) is 0 Å². The van der Waals surface area contributed by atoms with Gasteiger partial charge < -0.3 is 0 Å². The Morgan fingerprint density at radius 1 is 0.259 bits per heavy atom. The second-order valence-electron chi connectivity index (χ2n) is 14.2. The lowest BCUT2D eigenvalue weighted by Gasteiger charge is -2.12. The molecule has 0 bridgehead atoms. The van der Waals surface area contributed by atoms with Gasteiger partial charge in [-0.2, -0.15) is 0 Å². The third-order valence-electron chi connectivity index (χ3n) is 10.7. The Labute approximate surface area is 333 Å². The van der Waals surface area contributed by atoms with Crippen LogP contribution in [-0.4, -0.2) is 34.9 Å². The van der Waals surface area contributed by atoms with Crippen molar-refractivity contribution in [1.82, 2.24) is 34.9 Å². The smallest absolute Gasteiger partial charge is 0.164 e. The summed E-state index contributed by atoms with van der Waals surface area (Å²) in [4.78, 5) is 34.3. The van der Waals surface area contributed by atoms with Crippen molar-refractivity contribution in [3.05, 3.63) is 189 Å². The van der Waals surface area contributed by atoms with Crippen LogP contribution in [0.15, 0.2) is 189 Å². The van der Waals surface area contributed by atoms with Gasteiger partial charge in [0.15, 0.2) is 17.5 Å². The lowest BCUT2D eigenvalue weighted by Crippen LogP contribution is -2.00. The quantitative estimate of drug-likeness (QED) is 0.157. The number of pyridine rings is 4. The summed E-state index contributed by atoms with van der Waals surface area (Å²) >= 11 is 0. The van der Waals surface area contributed by atoms with Crippen LogP contribution in [0.25, 0.3) is 111 Å². The number of benzene rings is 6. The average molecular weight is 742 g/mol. The predicted molar refractivity (Wildman–Crippen MR) is 234 cm³/mol. The van der Waals surface area contributed by atoms with Crippen LogP contribution < -0.4 is 0 Å². The highest BCUT2D eigenvalue weighted by molar-refractivity contribution is 6.09. The molecule has 0 aliphatic rings. The zero-order valence-electron chi connectivity index (χ0n) is 31.0. The zero-order chi connectivity index (χ0) is 38.4. The second-order valence-corrected chi connectivity index (χ2v) is 14.2. The molecule has 0 aliphatic carbocycles. The fourth-order valence-electron chi connectivity index (χ4n) is 7.87. The van der Waals surface area contributed by atoms with Gasteiger partial charge >= 0.3 is 0 Å². The number of aromatic nitrogens is 7. The summed E-state index contributed by atoms with van der Waals surface area (Å²) in [7, 11) is 0. The fraction of sp³-hybridized carbons (Fsp3) is 0. The summed E-state index contributed by atoms with van der Waals surface area (Å²) in [5.74, 6) is 1.75. The first kappa shape index (κ1) is 33.3. The normalized spacial score (nSPS) is 11.4. The van der Waals surface area contributed by atoms with E-state index in [4.69, 9.17) is 24.9 Å². The minimum atomic E-state index is 0.580. The largest absolute Gasteiger partial charge is 0.254 e. The molecular weight excluding hydrogens is 711 g/mol. The molecule has 0 amide bonds. The Morgan fingerprint density at radius 3 is 1.22 bits per heavy atom. The highest BCUT2D eigenvalue weighted by Gasteiger charge is 2.16. The van der Waals surface area contributed by atoms with Crippen molar-refractivity contribution in [2.24, 2.45) is 0 Å². The molecule has 5 heterocycles. The summed E-state index contributed by atoms with van der Waals surface area (Å²) < 4.78 is 0. The van der Waals surface area contributed by atoms with Crippen LogP contribution in [0.1, 0.15) is 0 Å². The van der Waals surface area contributed by atoms with Crippen molar-refractivity contribution in [1.29, 1.82) is 0 Å². The molecule has 0 N–H and O–H groups in total. The number of fused-ring (bicyclic) bond motifs is 6. The molecule has 0 unspecified atom stereocenters. The minimum Gasteiger partial charge on any atom is -0.254 e. The van der Waals surface area contributed by atoms with Crippen LogP contribution in [0.4, 0.5) is 0 Å². The monoisotopic (exact) mass is 741 g/mol. The van der Waals surface area contributed by atoms with Crippen molar-refractivity contribution in [3.8, 4) is 67.5 Å². The maximum absolute atomic E-state index is 5.17. The first-order valence-electron chi connectivity index (χ1n) is 19.1. The highest BCUT2D eigenvalue weighted by atomic mass is 15.0. The van der Waals surface area contributed by atoms with Gasteiger partial charge in [-0.3, -0.25) is 19.9 Å². The molecular formula is C51H31N7. The number of hydrogen-bond donors (Lipinski definition) is 0.